The Morgan fingerprint density at radius 1 is 1.71 bits per heavy atom. The lowest BCUT2D eigenvalue weighted by molar-refractivity contribution is 0.766. The average molecular weight is 273 g/mol. The molecule has 0 saturated heterocycles. The Bertz CT molecular complexity index is 331. The molecule has 4 heteroatoms. The summed E-state index contributed by atoms with van der Waals surface area (Å²) in [5.41, 5.74) is 0. The number of rotatable bonds is 5. The first-order chi connectivity index (χ1) is 6.75. The normalized spacial score (nSPS) is 15.8. The van der Waals surface area contributed by atoms with Crippen molar-refractivity contribution in [2.24, 2.45) is 0 Å². The largest absolute Gasteiger partial charge is 0.307 e. The van der Waals surface area contributed by atoms with Gasteiger partial charge in [0.2, 0.25) is 0 Å². The summed E-state index contributed by atoms with van der Waals surface area (Å²) >= 11 is 5.15. The van der Waals surface area contributed by atoms with E-state index in [9.17, 15) is 0 Å². The van der Waals surface area contributed by atoms with Crippen molar-refractivity contribution in [1.29, 1.82) is 0 Å². The van der Waals surface area contributed by atoms with Crippen molar-refractivity contribution in [2.75, 3.05) is 6.54 Å². The molecule has 0 bridgehead atoms. The molecule has 1 aliphatic rings. The van der Waals surface area contributed by atoms with Crippen LogP contribution in [-0.4, -0.2) is 11.5 Å². The van der Waals surface area contributed by atoms with Gasteiger partial charge in [-0.25, -0.2) is 4.98 Å². The van der Waals surface area contributed by atoms with E-state index in [0.29, 0.717) is 0 Å². The summed E-state index contributed by atoms with van der Waals surface area (Å²) in [7, 11) is 0. The van der Waals surface area contributed by atoms with Gasteiger partial charge in [0, 0.05) is 34.6 Å². The van der Waals surface area contributed by atoms with Gasteiger partial charge < -0.3 is 5.32 Å². The molecule has 0 radical (unpaired) electrons. The van der Waals surface area contributed by atoms with Crippen molar-refractivity contribution in [3.05, 3.63) is 27.1 Å². The van der Waals surface area contributed by atoms with E-state index in [1.807, 2.05) is 17.5 Å². The molecule has 2 nitrogen and oxygen atoms in total. The van der Waals surface area contributed by atoms with Gasteiger partial charge in [0.25, 0.3) is 0 Å². The first-order valence-electron chi connectivity index (χ1n) is 4.74. The molecule has 1 saturated carbocycles. The van der Waals surface area contributed by atoms with Crippen LogP contribution in [0.15, 0.2) is 17.3 Å². The molecule has 1 aromatic heterocycles. The number of aromatic nitrogens is 1. The van der Waals surface area contributed by atoms with Crippen LogP contribution >= 0.6 is 27.3 Å². The molecule has 0 amide bonds. The minimum absolute atomic E-state index is 0.778. The molecule has 0 atom stereocenters. The SMILES string of the molecule is C=C(Br)CNCc1cnc(C2CC2)s1. The summed E-state index contributed by atoms with van der Waals surface area (Å²) in [4.78, 5) is 5.74. The summed E-state index contributed by atoms with van der Waals surface area (Å²) in [5, 5.41) is 4.62. The van der Waals surface area contributed by atoms with Crippen molar-refractivity contribution in [3.63, 3.8) is 0 Å². The van der Waals surface area contributed by atoms with Gasteiger partial charge in [-0.2, -0.15) is 0 Å². The highest BCUT2D eigenvalue weighted by atomic mass is 79.9. The molecule has 76 valence electrons. The topological polar surface area (TPSA) is 24.9 Å². The van der Waals surface area contributed by atoms with Crippen molar-refractivity contribution in [3.8, 4) is 0 Å². The van der Waals surface area contributed by atoms with E-state index >= 15 is 0 Å². The van der Waals surface area contributed by atoms with Gasteiger partial charge in [0.1, 0.15) is 0 Å². The second kappa shape index (κ2) is 4.55. The molecule has 1 fully saturated rings. The third kappa shape index (κ3) is 2.90. The van der Waals surface area contributed by atoms with Gasteiger partial charge in [-0.05, 0) is 12.8 Å². The van der Waals surface area contributed by atoms with Gasteiger partial charge in [0.15, 0.2) is 0 Å². The zero-order valence-electron chi connectivity index (χ0n) is 7.92. The molecule has 1 heterocycles. The molecule has 0 aromatic carbocycles. The lowest BCUT2D eigenvalue weighted by Gasteiger charge is -1.99. The summed E-state index contributed by atoms with van der Waals surface area (Å²) in [6.45, 7) is 5.49. The van der Waals surface area contributed by atoms with E-state index in [0.717, 1.165) is 23.5 Å². The Kier molecular flexibility index (Phi) is 3.36. The lowest BCUT2D eigenvalue weighted by Crippen LogP contribution is -2.13. The van der Waals surface area contributed by atoms with Crippen LogP contribution in [0.3, 0.4) is 0 Å². The highest BCUT2D eigenvalue weighted by molar-refractivity contribution is 9.11. The van der Waals surface area contributed by atoms with E-state index in [2.05, 4.69) is 32.8 Å². The number of nitrogens with zero attached hydrogens (tertiary/aromatic N) is 1. The Balaban J connectivity index is 1.80. The smallest absolute Gasteiger partial charge is 0.0959 e. The highest BCUT2D eigenvalue weighted by Gasteiger charge is 2.26. The Hall–Kier alpha value is -0.190. The fraction of sp³-hybridized carbons (Fsp3) is 0.500. The van der Waals surface area contributed by atoms with E-state index in [1.54, 1.807) is 0 Å². The summed E-state index contributed by atoms with van der Waals surface area (Å²) in [5.74, 6) is 0.778. The Labute approximate surface area is 96.6 Å². The molecule has 0 spiro atoms. The predicted octanol–water partition coefficient (Wildman–Crippen LogP) is 3.02. The van der Waals surface area contributed by atoms with Gasteiger partial charge >= 0.3 is 0 Å². The van der Waals surface area contributed by atoms with Crippen molar-refractivity contribution in [2.45, 2.75) is 25.3 Å². The Morgan fingerprint density at radius 3 is 3.14 bits per heavy atom. The van der Waals surface area contributed by atoms with Crippen LogP contribution in [0.2, 0.25) is 0 Å². The van der Waals surface area contributed by atoms with Crippen LogP contribution in [0.4, 0.5) is 0 Å². The fourth-order valence-corrected chi connectivity index (χ4v) is 2.50. The molecule has 1 aliphatic carbocycles. The summed E-state index contributed by atoms with van der Waals surface area (Å²) in [6.07, 6.45) is 4.65. The summed E-state index contributed by atoms with van der Waals surface area (Å²) < 4.78 is 0.990. The maximum atomic E-state index is 4.42. The first kappa shape index (κ1) is 10.3. The molecule has 2 rings (SSSR count). The number of hydrogen-bond donors (Lipinski definition) is 1. The van der Waals surface area contributed by atoms with Gasteiger partial charge in [-0.15, -0.1) is 11.3 Å². The zero-order valence-corrected chi connectivity index (χ0v) is 10.3. The molecule has 0 aliphatic heterocycles. The fourth-order valence-electron chi connectivity index (χ4n) is 1.24. The second-order valence-electron chi connectivity index (χ2n) is 3.56. The van der Waals surface area contributed by atoms with Crippen molar-refractivity contribution < 1.29 is 0 Å². The first-order valence-corrected chi connectivity index (χ1v) is 6.35. The zero-order chi connectivity index (χ0) is 9.97. The average Bonchev–Trinajstić information content (AvgIpc) is 2.87. The molecule has 0 unspecified atom stereocenters. The second-order valence-corrected chi connectivity index (χ2v) is 5.83. The highest BCUT2D eigenvalue weighted by Crippen LogP contribution is 2.41. The van der Waals surface area contributed by atoms with E-state index in [4.69, 9.17) is 0 Å². The van der Waals surface area contributed by atoms with Crippen LogP contribution in [-0.2, 0) is 6.54 Å². The predicted molar refractivity (Wildman–Crippen MR) is 63.9 cm³/mol. The van der Waals surface area contributed by atoms with Gasteiger partial charge in [0.05, 0.1) is 5.01 Å². The number of thiazole rings is 1. The van der Waals surface area contributed by atoms with E-state index in [1.165, 1.54) is 22.7 Å². The van der Waals surface area contributed by atoms with Crippen LogP contribution in [0.25, 0.3) is 0 Å². The lowest BCUT2D eigenvalue weighted by atomic mass is 10.4. The van der Waals surface area contributed by atoms with Crippen LogP contribution in [0.1, 0.15) is 28.6 Å². The number of hydrogen-bond acceptors (Lipinski definition) is 3. The number of nitrogens with one attached hydrogen (secondary N) is 1. The molecule has 1 aromatic rings. The van der Waals surface area contributed by atoms with Crippen LogP contribution in [0, 0.1) is 0 Å². The quantitative estimate of drug-likeness (QED) is 0.892. The molecular weight excluding hydrogens is 260 g/mol. The Morgan fingerprint density at radius 2 is 2.50 bits per heavy atom. The van der Waals surface area contributed by atoms with Gasteiger partial charge in [-0.1, -0.05) is 22.5 Å². The van der Waals surface area contributed by atoms with Crippen LogP contribution in [0.5, 0.6) is 0 Å². The molecular formula is C10H13BrN2S. The third-order valence-electron chi connectivity index (χ3n) is 2.11. The molecule has 14 heavy (non-hydrogen) atoms. The minimum Gasteiger partial charge on any atom is -0.307 e. The molecule has 1 N–H and O–H groups in total. The minimum atomic E-state index is 0.778. The van der Waals surface area contributed by atoms with E-state index in [-0.39, 0.29) is 0 Å². The monoisotopic (exact) mass is 272 g/mol. The summed E-state index contributed by atoms with van der Waals surface area (Å²) in [6, 6.07) is 0. The van der Waals surface area contributed by atoms with Gasteiger partial charge in [-0.3, -0.25) is 0 Å². The maximum Gasteiger partial charge on any atom is 0.0959 e. The van der Waals surface area contributed by atoms with Crippen molar-refractivity contribution >= 4 is 27.3 Å². The van der Waals surface area contributed by atoms with Crippen LogP contribution < -0.4 is 5.32 Å². The third-order valence-corrected chi connectivity index (χ3v) is 3.55. The maximum absolute atomic E-state index is 4.42. The standard InChI is InChI=1S/C10H13BrN2S/c1-7(11)4-12-5-9-6-13-10(14-9)8-2-3-8/h6,8,12H,1-5H2. The number of halogens is 1. The van der Waals surface area contributed by atoms with Crippen molar-refractivity contribution in [1.82, 2.24) is 10.3 Å². The van der Waals surface area contributed by atoms with E-state index < -0.39 is 0 Å².